The van der Waals surface area contributed by atoms with Gasteiger partial charge in [-0.15, -0.1) is 0 Å². The van der Waals surface area contributed by atoms with Gasteiger partial charge in [0.15, 0.2) is 0 Å². The molecule has 1 aromatic carbocycles. The Balaban J connectivity index is 2.97. The number of nitrogens with two attached hydrogens (primary N) is 1. The van der Waals surface area contributed by atoms with E-state index in [1.165, 1.54) is 12.1 Å². The zero-order chi connectivity index (χ0) is 14.3. The third-order valence-electron chi connectivity index (χ3n) is 2.36. The number of carbonyl (C=O) groups is 2. The van der Waals surface area contributed by atoms with Gasteiger partial charge in [0.1, 0.15) is 0 Å². The summed E-state index contributed by atoms with van der Waals surface area (Å²) < 4.78 is 10.1. The molecule has 0 unspecified atom stereocenters. The predicted molar refractivity (Wildman–Crippen MR) is 72.0 cm³/mol. The quantitative estimate of drug-likeness (QED) is 0.631. The Morgan fingerprint density at radius 3 is 2.05 bits per heavy atom. The highest BCUT2D eigenvalue weighted by atomic mass is 16.5. The zero-order valence-electron chi connectivity index (χ0n) is 11.3. The molecular weight excluding hydrogens is 246 g/mol. The van der Waals surface area contributed by atoms with Gasteiger partial charge in [-0.2, -0.15) is 0 Å². The molecule has 5 heteroatoms. The van der Waals surface area contributed by atoms with Crippen LogP contribution in [-0.4, -0.2) is 25.2 Å². The summed E-state index contributed by atoms with van der Waals surface area (Å²) in [6.45, 7) is 4.40. The number of esters is 2. The van der Waals surface area contributed by atoms with Crippen molar-refractivity contribution in [1.82, 2.24) is 0 Å². The SMILES string of the molecule is CCCOC(=O)c1ccc(N)cc1C(=O)OCCC. The average molecular weight is 265 g/mol. The van der Waals surface area contributed by atoms with Crippen LogP contribution in [0.3, 0.4) is 0 Å². The van der Waals surface area contributed by atoms with E-state index in [9.17, 15) is 9.59 Å². The lowest BCUT2D eigenvalue weighted by atomic mass is 10.1. The number of carbonyl (C=O) groups excluding carboxylic acids is 2. The first kappa shape index (κ1) is 15.0. The van der Waals surface area contributed by atoms with Crippen LogP contribution in [0, 0.1) is 0 Å². The molecule has 0 fully saturated rings. The second kappa shape index (κ2) is 7.41. The van der Waals surface area contributed by atoms with Gasteiger partial charge >= 0.3 is 11.9 Å². The van der Waals surface area contributed by atoms with Crippen LogP contribution < -0.4 is 5.73 Å². The molecule has 0 atom stereocenters. The lowest BCUT2D eigenvalue weighted by Crippen LogP contribution is -2.15. The van der Waals surface area contributed by atoms with Crippen molar-refractivity contribution >= 4 is 17.6 Å². The molecule has 0 radical (unpaired) electrons. The van der Waals surface area contributed by atoms with Crippen molar-refractivity contribution < 1.29 is 19.1 Å². The molecule has 0 aromatic heterocycles. The summed E-state index contributed by atoms with van der Waals surface area (Å²) in [7, 11) is 0. The van der Waals surface area contributed by atoms with Crippen LogP contribution in [0.1, 0.15) is 47.4 Å². The van der Waals surface area contributed by atoms with Crippen molar-refractivity contribution in [3.05, 3.63) is 29.3 Å². The molecule has 0 heterocycles. The Hall–Kier alpha value is -2.04. The molecule has 0 saturated carbocycles. The van der Waals surface area contributed by atoms with Crippen molar-refractivity contribution in [1.29, 1.82) is 0 Å². The minimum Gasteiger partial charge on any atom is -0.462 e. The van der Waals surface area contributed by atoms with Gasteiger partial charge < -0.3 is 15.2 Å². The first-order valence-electron chi connectivity index (χ1n) is 6.33. The van der Waals surface area contributed by atoms with Crippen molar-refractivity contribution in [2.24, 2.45) is 0 Å². The molecule has 1 rings (SSSR count). The zero-order valence-corrected chi connectivity index (χ0v) is 11.3. The normalized spacial score (nSPS) is 10.0. The molecule has 0 aliphatic rings. The molecule has 0 bridgehead atoms. The van der Waals surface area contributed by atoms with Gasteiger partial charge in [-0.05, 0) is 31.0 Å². The Labute approximate surface area is 112 Å². The first-order chi connectivity index (χ1) is 9.10. The number of nitrogen functional groups attached to an aromatic ring is 1. The van der Waals surface area contributed by atoms with Crippen LogP contribution in [0.2, 0.25) is 0 Å². The van der Waals surface area contributed by atoms with Gasteiger partial charge in [-0.1, -0.05) is 13.8 Å². The molecule has 104 valence electrons. The van der Waals surface area contributed by atoms with Crippen molar-refractivity contribution in [2.75, 3.05) is 18.9 Å². The Kier molecular flexibility index (Phi) is 5.85. The Bertz CT molecular complexity index is 457. The summed E-state index contributed by atoms with van der Waals surface area (Å²) in [6.07, 6.45) is 1.43. The number of benzene rings is 1. The summed E-state index contributed by atoms with van der Waals surface area (Å²) in [5.41, 5.74) is 6.36. The Morgan fingerprint density at radius 2 is 1.53 bits per heavy atom. The minimum atomic E-state index is -0.558. The van der Waals surface area contributed by atoms with Gasteiger partial charge in [0, 0.05) is 5.69 Å². The standard InChI is InChI=1S/C14H19NO4/c1-3-7-18-13(16)11-6-5-10(15)9-12(11)14(17)19-8-4-2/h5-6,9H,3-4,7-8,15H2,1-2H3. The fourth-order valence-electron chi connectivity index (χ4n) is 1.45. The van der Waals surface area contributed by atoms with Gasteiger partial charge in [0.2, 0.25) is 0 Å². The second-order valence-electron chi connectivity index (χ2n) is 4.08. The van der Waals surface area contributed by atoms with Crippen molar-refractivity contribution in [3.8, 4) is 0 Å². The molecule has 0 saturated heterocycles. The fourth-order valence-corrected chi connectivity index (χ4v) is 1.45. The van der Waals surface area contributed by atoms with Crippen molar-refractivity contribution in [2.45, 2.75) is 26.7 Å². The average Bonchev–Trinajstić information content (AvgIpc) is 2.41. The topological polar surface area (TPSA) is 78.6 Å². The van der Waals surface area contributed by atoms with Gasteiger partial charge in [0.25, 0.3) is 0 Å². The number of ether oxygens (including phenoxy) is 2. The fraction of sp³-hybridized carbons (Fsp3) is 0.429. The number of hydrogen-bond donors (Lipinski definition) is 1. The first-order valence-corrected chi connectivity index (χ1v) is 6.33. The largest absolute Gasteiger partial charge is 0.462 e. The molecule has 2 N–H and O–H groups in total. The highest BCUT2D eigenvalue weighted by Gasteiger charge is 2.19. The maximum Gasteiger partial charge on any atom is 0.339 e. The molecular formula is C14H19NO4. The van der Waals surface area contributed by atoms with Crippen LogP contribution in [-0.2, 0) is 9.47 Å². The van der Waals surface area contributed by atoms with Gasteiger partial charge in [-0.3, -0.25) is 0 Å². The van der Waals surface area contributed by atoms with Crippen molar-refractivity contribution in [3.63, 3.8) is 0 Å². The van der Waals surface area contributed by atoms with E-state index < -0.39 is 11.9 Å². The van der Waals surface area contributed by atoms with E-state index in [-0.39, 0.29) is 11.1 Å². The third kappa shape index (κ3) is 4.28. The maximum absolute atomic E-state index is 11.9. The van der Waals surface area contributed by atoms with E-state index in [1.54, 1.807) is 6.07 Å². The lowest BCUT2D eigenvalue weighted by molar-refractivity contribution is 0.0458. The van der Waals surface area contributed by atoms with Crippen LogP contribution >= 0.6 is 0 Å². The van der Waals surface area contributed by atoms with Crippen LogP contribution in [0.15, 0.2) is 18.2 Å². The number of rotatable bonds is 6. The van der Waals surface area contributed by atoms with Gasteiger partial charge in [0.05, 0.1) is 24.3 Å². The minimum absolute atomic E-state index is 0.148. The summed E-state index contributed by atoms with van der Waals surface area (Å²) in [6, 6.07) is 4.47. The molecule has 0 amide bonds. The summed E-state index contributed by atoms with van der Waals surface area (Å²) in [5.74, 6) is -1.09. The van der Waals surface area contributed by atoms with E-state index in [2.05, 4.69) is 0 Å². The van der Waals surface area contributed by atoms with Gasteiger partial charge in [-0.25, -0.2) is 9.59 Å². The summed E-state index contributed by atoms with van der Waals surface area (Å²) in [4.78, 5) is 23.7. The second-order valence-corrected chi connectivity index (χ2v) is 4.08. The van der Waals surface area contributed by atoms with Crippen LogP contribution in [0.25, 0.3) is 0 Å². The predicted octanol–water partition coefficient (Wildman–Crippen LogP) is 2.40. The van der Waals surface area contributed by atoms with E-state index in [0.29, 0.717) is 25.3 Å². The molecule has 0 aliphatic heterocycles. The van der Waals surface area contributed by atoms with E-state index >= 15 is 0 Å². The third-order valence-corrected chi connectivity index (χ3v) is 2.36. The molecule has 0 aliphatic carbocycles. The molecule has 5 nitrogen and oxygen atoms in total. The molecule has 1 aromatic rings. The lowest BCUT2D eigenvalue weighted by Gasteiger charge is -2.09. The summed E-state index contributed by atoms with van der Waals surface area (Å²) >= 11 is 0. The molecule has 0 spiro atoms. The van der Waals surface area contributed by atoms with Crippen LogP contribution in [0.5, 0.6) is 0 Å². The summed E-state index contributed by atoms with van der Waals surface area (Å²) in [5, 5.41) is 0. The number of hydrogen-bond acceptors (Lipinski definition) is 5. The van der Waals surface area contributed by atoms with E-state index in [4.69, 9.17) is 15.2 Å². The van der Waals surface area contributed by atoms with E-state index in [0.717, 1.165) is 6.42 Å². The number of anilines is 1. The van der Waals surface area contributed by atoms with E-state index in [1.807, 2.05) is 13.8 Å². The monoisotopic (exact) mass is 265 g/mol. The smallest absolute Gasteiger partial charge is 0.339 e. The Morgan fingerprint density at radius 1 is 1.00 bits per heavy atom. The highest BCUT2D eigenvalue weighted by Crippen LogP contribution is 2.16. The highest BCUT2D eigenvalue weighted by molar-refractivity contribution is 6.03. The maximum atomic E-state index is 11.9. The van der Waals surface area contributed by atoms with Crippen LogP contribution in [0.4, 0.5) is 5.69 Å². The molecule has 19 heavy (non-hydrogen) atoms.